The van der Waals surface area contributed by atoms with Crippen LogP contribution in [-0.2, 0) is 21.2 Å². The normalized spacial score (nSPS) is 18.9. The molecular formula is C17H18F3N3O3S2. The number of hydrogen-bond acceptors (Lipinski definition) is 5. The van der Waals surface area contributed by atoms with Crippen molar-refractivity contribution in [3.63, 3.8) is 0 Å². The molecule has 0 saturated carbocycles. The molecule has 1 aromatic heterocycles. The van der Waals surface area contributed by atoms with Gasteiger partial charge in [0.15, 0.2) is 15.0 Å². The number of hydrogen-bond donors (Lipinski definition) is 1. The molecule has 1 amide bonds. The molecule has 6 nitrogen and oxygen atoms in total. The van der Waals surface area contributed by atoms with Crippen molar-refractivity contribution in [3.8, 4) is 11.3 Å². The minimum absolute atomic E-state index is 0.0293. The minimum atomic E-state index is -4.44. The number of carbonyl (C=O) groups is 1. The molecule has 0 bridgehead atoms. The summed E-state index contributed by atoms with van der Waals surface area (Å²) in [6.45, 7) is -1.22. The summed E-state index contributed by atoms with van der Waals surface area (Å²) in [5, 5.41) is 2.69. The summed E-state index contributed by atoms with van der Waals surface area (Å²) in [4.78, 5) is 16.1. The molecule has 2 heterocycles. The standard InChI is InChI=1S/C17H18F3N3O3S2/c18-17(19,20)11-23-14(12-4-2-1-3-5-12)8-21-16(23)27-9-15(24)22-13-6-7-28(25,26)10-13/h1-5,8,13H,6-7,9-11H2,(H,22,24). The highest BCUT2D eigenvalue weighted by atomic mass is 32.2. The third-order valence-electron chi connectivity index (χ3n) is 4.16. The number of nitrogens with one attached hydrogen (secondary N) is 1. The van der Waals surface area contributed by atoms with Crippen molar-refractivity contribution in [1.29, 1.82) is 0 Å². The van der Waals surface area contributed by atoms with Crippen molar-refractivity contribution in [1.82, 2.24) is 14.9 Å². The number of benzene rings is 1. The smallest absolute Gasteiger partial charge is 0.352 e. The van der Waals surface area contributed by atoms with Crippen LogP contribution < -0.4 is 5.32 Å². The van der Waals surface area contributed by atoms with Crippen molar-refractivity contribution >= 4 is 27.5 Å². The number of imidazole rings is 1. The van der Waals surface area contributed by atoms with E-state index in [1.165, 1.54) is 6.20 Å². The van der Waals surface area contributed by atoms with E-state index in [4.69, 9.17) is 0 Å². The van der Waals surface area contributed by atoms with E-state index < -0.39 is 34.5 Å². The van der Waals surface area contributed by atoms with Gasteiger partial charge < -0.3 is 9.88 Å². The lowest BCUT2D eigenvalue weighted by atomic mass is 10.2. The van der Waals surface area contributed by atoms with Crippen LogP contribution in [0.25, 0.3) is 11.3 Å². The lowest BCUT2D eigenvalue weighted by Crippen LogP contribution is -2.36. The van der Waals surface area contributed by atoms with Crippen LogP contribution in [0.2, 0.25) is 0 Å². The first-order chi connectivity index (χ1) is 13.1. The molecule has 0 aliphatic carbocycles. The molecule has 1 unspecified atom stereocenters. The van der Waals surface area contributed by atoms with Crippen LogP contribution in [0.4, 0.5) is 13.2 Å². The monoisotopic (exact) mass is 433 g/mol. The van der Waals surface area contributed by atoms with Gasteiger partial charge in [0.25, 0.3) is 0 Å². The highest BCUT2D eigenvalue weighted by Gasteiger charge is 2.31. The molecule has 0 radical (unpaired) electrons. The second kappa shape index (κ2) is 8.16. The van der Waals surface area contributed by atoms with Crippen LogP contribution in [0.15, 0.2) is 41.7 Å². The quantitative estimate of drug-likeness (QED) is 0.708. The van der Waals surface area contributed by atoms with Crippen molar-refractivity contribution in [2.24, 2.45) is 0 Å². The second-order valence-electron chi connectivity index (χ2n) is 6.45. The van der Waals surface area contributed by atoms with E-state index in [1.807, 2.05) is 0 Å². The highest BCUT2D eigenvalue weighted by Crippen LogP contribution is 2.30. The maximum Gasteiger partial charge on any atom is 0.406 e. The first-order valence-corrected chi connectivity index (χ1v) is 11.2. The van der Waals surface area contributed by atoms with Crippen LogP contribution in [-0.4, -0.2) is 53.4 Å². The van der Waals surface area contributed by atoms with E-state index in [2.05, 4.69) is 10.3 Å². The number of amides is 1. The fourth-order valence-corrected chi connectivity index (χ4v) is 5.42. The van der Waals surface area contributed by atoms with Gasteiger partial charge in [-0.1, -0.05) is 42.1 Å². The summed E-state index contributed by atoms with van der Waals surface area (Å²) >= 11 is 0.885. The van der Waals surface area contributed by atoms with Crippen LogP contribution in [0.3, 0.4) is 0 Å². The Kier molecular flexibility index (Phi) is 6.04. The van der Waals surface area contributed by atoms with Gasteiger partial charge in [-0.15, -0.1) is 0 Å². The zero-order valence-corrected chi connectivity index (χ0v) is 16.3. The predicted molar refractivity (Wildman–Crippen MR) is 99.6 cm³/mol. The van der Waals surface area contributed by atoms with E-state index in [-0.39, 0.29) is 22.4 Å². The molecule has 1 aliphatic rings. The van der Waals surface area contributed by atoms with Gasteiger partial charge in [0, 0.05) is 6.04 Å². The zero-order chi connectivity index (χ0) is 20.4. The van der Waals surface area contributed by atoms with Crippen molar-refractivity contribution in [2.75, 3.05) is 17.3 Å². The molecule has 28 heavy (non-hydrogen) atoms. The van der Waals surface area contributed by atoms with E-state index in [9.17, 15) is 26.4 Å². The Labute approximate surface area is 164 Å². The van der Waals surface area contributed by atoms with Gasteiger partial charge in [0.05, 0.1) is 29.1 Å². The number of thioether (sulfide) groups is 1. The van der Waals surface area contributed by atoms with E-state index in [0.717, 1.165) is 16.3 Å². The molecule has 2 aromatic rings. The van der Waals surface area contributed by atoms with Gasteiger partial charge >= 0.3 is 6.18 Å². The van der Waals surface area contributed by atoms with Crippen LogP contribution in [0, 0.1) is 0 Å². The Morgan fingerprint density at radius 3 is 2.61 bits per heavy atom. The maximum absolute atomic E-state index is 13.0. The van der Waals surface area contributed by atoms with Crippen molar-refractivity contribution < 1.29 is 26.4 Å². The molecule has 1 N–H and O–H groups in total. The molecule has 1 saturated heterocycles. The van der Waals surface area contributed by atoms with E-state index >= 15 is 0 Å². The fraction of sp³-hybridized carbons (Fsp3) is 0.412. The first-order valence-electron chi connectivity index (χ1n) is 8.43. The Morgan fingerprint density at radius 1 is 1.29 bits per heavy atom. The molecule has 1 aliphatic heterocycles. The van der Waals surface area contributed by atoms with E-state index in [0.29, 0.717) is 17.7 Å². The average molecular weight is 433 g/mol. The van der Waals surface area contributed by atoms with Gasteiger partial charge in [0.2, 0.25) is 5.91 Å². The third-order valence-corrected chi connectivity index (χ3v) is 6.91. The van der Waals surface area contributed by atoms with Crippen LogP contribution >= 0.6 is 11.8 Å². The number of nitrogens with zero attached hydrogens (tertiary/aromatic N) is 2. The Bertz CT molecular complexity index is 944. The summed E-state index contributed by atoms with van der Waals surface area (Å²) in [6, 6.07) is 8.12. The number of aromatic nitrogens is 2. The van der Waals surface area contributed by atoms with Crippen LogP contribution in [0.5, 0.6) is 0 Å². The van der Waals surface area contributed by atoms with Crippen molar-refractivity contribution in [3.05, 3.63) is 36.5 Å². The van der Waals surface area contributed by atoms with Crippen LogP contribution in [0.1, 0.15) is 6.42 Å². The van der Waals surface area contributed by atoms with Gasteiger partial charge in [-0.05, 0) is 12.0 Å². The molecule has 152 valence electrons. The summed E-state index contributed by atoms with van der Waals surface area (Å²) in [7, 11) is -3.13. The topological polar surface area (TPSA) is 81.1 Å². The average Bonchev–Trinajstić information content (AvgIpc) is 3.15. The predicted octanol–water partition coefficient (Wildman–Crippen LogP) is 2.51. The molecule has 1 fully saturated rings. The number of carbonyl (C=O) groups excluding carboxylic acids is 1. The van der Waals surface area contributed by atoms with Gasteiger partial charge in [-0.2, -0.15) is 13.2 Å². The molecular weight excluding hydrogens is 415 g/mol. The SMILES string of the molecule is O=C(CSc1ncc(-c2ccccc2)n1CC(F)(F)F)NC1CCS(=O)(=O)C1. The van der Waals surface area contributed by atoms with Gasteiger partial charge in [-0.25, -0.2) is 13.4 Å². The lowest BCUT2D eigenvalue weighted by molar-refractivity contribution is -0.141. The summed E-state index contributed by atoms with van der Waals surface area (Å²) in [6.07, 6.45) is -2.75. The number of sulfone groups is 1. The van der Waals surface area contributed by atoms with Crippen molar-refractivity contribution in [2.45, 2.75) is 30.3 Å². The Hall–Kier alpha value is -2.01. The highest BCUT2D eigenvalue weighted by molar-refractivity contribution is 7.99. The summed E-state index contributed by atoms with van der Waals surface area (Å²) < 4.78 is 63.0. The van der Waals surface area contributed by atoms with E-state index in [1.54, 1.807) is 30.3 Å². The lowest BCUT2D eigenvalue weighted by Gasteiger charge is -2.14. The molecule has 1 aromatic carbocycles. The molecule has 11 heteroatoms. The minimum Gasteiger partial charge on any atom is -0.352 e. The second-order valence-corrected chi connectivity index (χ2v) is 9.62. The maximum atomic E-state index is 13.0. The Morgan fingerprint density at radius 2 is 2.00 bits per heavy atom. The number of alkyl halides is 3. The molecule has 1 atom stereocenters. The van der Waals surface area contributed by atoms with Gasteiger partial charge in [-0.3, -0.25) is 4.79 Å². The number of halogens is 3. The zero-order valence-electron chi connectivity index (χ0n) is 14.6. The first kappa shape index (κ1) is 20.7. The molecule has 0 spiro atoms. The summed E-state index contributed by atoms with van der Waals surface area (Å²) in [5.74, 6) is -0.666. The fourth-order valence-electron chi connectivity index (χ4n) is 2.95. The third kappa shape index (κ3) is 5.51. The summed E-state index contributed by atoms with van der Waals surface area (Å²) in [5.41, 5.74) is 0.898. The van der Waals surface area contributed by atoms with Gasteiger partial charge in [0.1, 0.15) is 6.54 Å². The Balaban J connectivity index is 1.71. The molecule has 3 rings (SSSR count). The number of rotatable bonds is 6. The largest absolute Gasteiger partial charge is 0.406 e.